The molecular weight excluding hydrogens is 354 g/mol. The van der Waals surface area contributed by atoms with Crippen LogP contribution in [0.2, 0.25) is 0 Å². The lowest BCUT2D eigenvalue weighted by Crippen LogP contribution is -2.47. The van der Waals surface area contributed by atoms with Crippen LogP contribution in [-0.4, -0.2) is 49.0 Å². The number of benzene rings is 2. The number of rotatable bonds is 4. The normalized spacial score (nSPS) is 18.7. The first-order chi connectivity index (χ1) is 13.5. The second-order valence-corrected chi connectivity index (χ2v) is 7.30. The predicted octanol–water partition coefficient (Wildman–Crippen LogP) is 3.23. The summed E-state index contributed by atoms with van der Waals surface area (Å²) in [6.07, 6.45) is 0.708. The van der Waals surface area contributed by atoms with E-state index in [0.717, 1.165) is 34.9 Å². The molecule has 1 saturated heterocycles. The van der Waals surface area contributed by atoms with E-state index in [0.29, 0.717) is 18.5 Å². The summed E-state index contributed by atoms with van der Waals surface area (Å²) in [7, 11) is 1.60. The average Bonchev–Trinajstić information content (AvgIpc) is 2.70. The summed E-state index contributed by atoms with van der Waals surface area (Å²) in [5, 5.41) is 2.90. The van der Waals surface area contributed by atoms with E-state index >= 15 is 0 Å². The van der Waals surface area contributed by atoms with Crippen molar-refractivity contribution in [3.05, 3.63) is 53.6 Å². The molecule has 4 rings (SSSR count). The van der Waals surface area contributed by atoms with Crippen LogP contribution in [0.15, 0.2) is 47.5 Å². The molecule has 0 aromatic heterocycles. The Kier molecular flexibility index (Phi) is 4.96. The Morgan fingerprint density at radius 3 is 2.79 bits per heavy atom. The van der Waals surface area contributed by atoms with Gasteiger partial charge in [0.1, 0.15) is 5.75 Å². The van der Waals surface area contributed by atoms with Gasteiger partial charge in [-0.1, -0.05) is 11.6 Å². The number of hydrogen-bond acceptors (Lipinski definition) is 5. The SMILES string of the molecule is COc1ccc(NC(=O)CN2CCC3=Nc4ccc(C)cc4C(=O)C3C2)cc1. The molecule has 0 radical (unpaired) electrons. The Labute approximate surface area is 164 Å². The molecule has 144 valence electrons. The fraction of sp³-hybridized carbons (Fsp3) is 0.318. The summed E-state index contributed by atoms with van der Waals surface area (Å²) in [5.41, 5.74) is 4.18. The Bertz CT molecular complexity index is 950. The summed E-state index contributed by atoms with van der Waals surface area (Å²) < 4.78 is 5.12. The Balaban J connectivity index is 1.41. The molecule has 6 nitrogen and oxygen atoms in total. The first kappa shape index (κ1) is 18.4. The fourth-order valence-corrected chi connectivity index (χ4v) is 3.78. The minimum atomic E-state index is -0.253. The van der Waals surface area contributed by atoms with Gasteiger partial charge in [0.15, 0.2) is 5.78 Å². The minimum Gasteiger partial charge on any atom is -0.497 e. The van der Waals surface area contributed by atoms with E-state index in [-0.39, 0.29) is 24.2 Å². The van der Waals surface area contributed by atoms with Crippen molar-refractivity contribution in [1.82, 2.24) is 4.90 Å². The lowest BCUT2D eigenvalue weighted by atomic mass is 9.84. The molecule has 1 N–H and O–H groups in total. The number of aryl methyl sites for hydroxylation is 1. The van der Waals surface area contributed by atoms with Gasteiger partial charge in [-0.15, -0.1) is 0 Å². The number of fused-ring (bicyclic) bond motifs is 2. The van der Waals surface area contributed by atoms with Gasteiger partial charge in [-0.2, -0.15) is 0 Å². The van der Waals surface area contributed by atoms with Crippen molar-refractivity contribution < 1.29 is 14.3 Å². The molecule has 2 aromatic rings. The molecule has 6 heteroatoms. The van der Waals surface area contributed by atoms with E-state index in [1.165, 1.54) is 0 Å². The van der Waals surface area contributed by atoms with Gasteiger partial charge in [0, 0.05) is 30.1 Å². The largest absolute Gasteiger partial charge is 0.497 e. The van der Waals surface area contributed by atoms with Crippen molar-refractivity contribution in [2.75, 3.05) is 32.1 Å². The molecule has 28 heavy (non-hydrogen) atoms. The Morgan fingerprint density at radius 2 is 2.04 bits per heavy atom. The average molecular weight is 377 g/mol. The van der Waals surface area contributed by atoms with Crippen LogP contribution < -0.4 is 10.1 Å². The standard InChI is InChI=1S/C22H23N3O3/c1-14-3-8-19-17(11-14)22(27)18-12-25(10-9-20(18)24-19)13-21(26)23-15-4-6-16(28-2)7-5-15/h3-8,11,18H,9-10,12-13H2,1-2H3,(H,23,26). The van der Waals surface area contributed by atoms with Gasteiger partial charge in [0.2, 0.25) is 5.91 Å². The smallest absolute Gasteiger partial charge is 0.238 e. The van der Waals surface area contributed by atoms with Gasteiger partial charge in [-0.05, 0) is 49.7 Å². The molecule has 0 bridgehead atoms. The van der Waals surface area contributed by atoms with Crippen LogP contribution in [0.1, 0.15) is 22.3 Å². The van der Waals surface area contributed by atoms with Crippen LogP contribution in [0, 0.1) is 12.8 Å². The topological polar surface area (TPSA) is 71.0 Å². The number of carbonyl (C=O) groups excluding carboxylic acids is 2. The Morgan fingerprint density at radius 1 is 1.25 bits per heavy atom. The third-order valence-electron chi connectivity index (χ3n) is 5.27. The van der Waals surface area contributed by atoms with Crippen molar-refractivity contribution in [3.8, 4) is 5.75 Å². The lowest BCUT2D eigenvalue weighted by Gasteiger charge is -2.34. The summed E-state index contributed by atoms with van der Waals surface area (Å²) >= 11 is 0. The molecule has 0 aliphatic carbocycles. The quantitative estimate of drug-likeness (QED) is 0.888. The van der Waals surface area contributed by atoms with Gasteiger partial charge in [-0.3, -0.25) is 19.5 Å². The van der Waals surface area contributed by atoms with Crippen molar-refractivity contribution in [2.24, 2.45) is 10.9 Å². The van der Waals surface area contributed by atoms with Crippen LogP contribution in [0.4, 0.5) is 11.4 Å². The highest BCUT2D eigenvalue weighted by Gasteiger charge is 2.36. The van der Waals surface area contributed by atoms with Crippen LogP contribution in [0.25, 0.3) is 0 Å². The minimum absolute atomic E-state index is 0.0925. The maximum absolute atomic E-state index is 13.0. The van der Waals surface area contributed by atoms with Crippen molar-refractivity contribution >= 4 is 28.8 Å². The number of likely N-dealkylation sites (tertiary alicyclic amines) is 1. The maximum atomic E-state index is 13.0. The second kappa shape index (κ2) is 7.56. The Hall–Kier alpha value is -2.99. The van der Waals surface area contributed by atoms with E-state index in [4.69, 9.17) is 9.73 Å². The number of hydrogen-bond donors (Lipinski definition) is 1. The van der Waals surface area contributed by atoms with E-state index in [9.17, 15) is 9.59 Å². The number of aliphatic imine (C=N–C) groups is 1. The number of nitrogens with zero attached hydrogens (tertiary/aromatic N) is 2. The van der Waals surface area contributed by atoms with Gasteiger partial charge in [0.05, 0.1) is 25.3 Å². The number of nitrogens with one attached hydrogen (secondary N) is 1. The number of amides is 1. The molecule has 1 atom stereocenters. The zero-order valence-corrected chi connectivity index (χ0v) is 16.1. The number of ketones is 1. The summed E-state index contributed by atoms with van der Waals surface area (Å²) in [6, 6.07) is 13.0. The lowest BCUT2D eigenvalue weighted by molar-refractivity contribution is -0.117. The van der Waals surface area contributed by atoms with Crippen molar-refractivity contribution in [1.29, 1.82) is 0 Å². The van der Waals surface area contributed by atoms with Crippen molar-refractivity contribution in [3.63, 3.8) is 0 Å². The molecule has 1 unspecified atom stereocenters. The zero-order valence-electron chi connectivity index (χ0n) is 16.1. The molecule has 0 saturated carbocycles. The predicted molar refractivity (Wildman–Crippen MR) is 109 cm³/mol. The van der Waals surface area contributed by atoms with Gasteiger partial charge in [0.25, 0.3) is 0 Å². The number of anilines is 1. The summed E-state index contributed by atoms with van der Waals surface area (Å²) in [4.78, 5) is 32.1. The number of Topliss-reactive ketones (excluding diaryl/α,β-unsaturated/α-hetero) is 1. The first-order valence-electron chi connectivity index (χ1n) is 9.42. The van der Waals surface area contributed by atoms with Gasteiger partial charge in [-0.25, -0.2) is 0 Å². The highest BCUT2D eigenvalue weighted by molar-refractivity contribution is 6.18. The highest BCUT2D eigenvalue weighted by Crippen LogP contribution is 2.32. The molecule has 0 spiro atoms. The van der Waals surface area contributed by atoms with Gasteiger partial charge >= 0.3 is 0 Å². The summed E-state index contributed by atoms with van der Waals surface area (Å²) in [5.74, 6) is 0.512. The first-order valence-corrected chi connectivity index (χ1v) is 9.42. The fourth-order valence-electron chi connectivity index (χ4n) is 3.78. The van der Waals surface area contributed by atoms with E-state index < -0.39 is 0 Å². The maximum Gasteiger partial charge on any atom is 0.238 e. The van der Waals surface area contributed by atoms with E-state index in [2.05, 4.69) is 5.32 Å². The van der Waals surface area contributed by atoms with Gasteiger partial charge < -0.3 is 10.1 Å². The molecular formula is C22H23N3O3. The molecule has 1 amide bonds. The monoisotopic (exact) mass is 377 g/mol. The van der Waals surface area contributed by atoms with Crippen molar-refractivity contribution in [2.45, 2.75) is 13.3 Å². The van der Waals surface area contributed by atoms with Crippen LogP contribution in [0.3, 0.4) is 0 Å². The van der Waals surface area contributed by atoms with E-state index in [1.54, 1.807) is 19.2 Å². The highest BCUT2D eigenvalue weighted by atomic mass is 16.5. The number of carbonyl (C=O) groups is 2. The zero-order chi connectivity index (χ0) is 19.7. The van der Waals surface area contributed by atoms with Crippen LogP contribution >= 0.6 is 0 Å². The number of ether oxygens (including phenoxy) is 1. The van der Waals surface area contributed by atoms with E-state index in [1.807, 2.05) is 42.2 Å². The van der Waals surface area contributed by atoms with Crippen LogP contribution in [0.5, 0.6) is 5.75 Å². The molecule has 1 fully saturated rings. The third-order valence-corrected chi connectivity index (χ3v) is 5.27. The summed E-state index contributed by atoms with van der Waals surface area (Å²) in [6.45, 7) is 3.48. The molecule has 2 aliphatic rings. The number of piperidine rings is 1. The molecule has 2 aromatic carbocycles. The van der Waals surface area contributed by atoms with Crippen LogP contribution in [-0.2, 0) is 4.79 Å². The number of methoxy groups -OCH3 is 1. The molecule has 2 heterocycles. The second-order valence-electron chi connectivity index (χ2n) is 7.30. The third kappa shape index (κ3) is 3.68. The molecule has 2 aliphatic heterocycles.